The summed E-state index contributed by atoms with van der Waals surface area (Å²) in [6, 6.07) is 3.98. The Labute approximate surface area is 154 Å². The zero-order valence-electron chi connectivity index (χ0n) is 12.5. The molecule has 3 rings (SSSR count). The number of urea groups is 1. The van der Waals surface area contributed by atoms with Gasteiger partial charge in [-0.2, -0.15) is 0 Å². The largest absolute Gasteiger partial charge is 0.507 e. The van der Waals surface area contributed by atoms with Crippen molar-refractivity contribution in [3.63, 3.8) is 0 Å². The molecule has 1 aliphatic heterocycles. The number of carbonyl (C=O) groups is 3. The normalized spacial score (nSPS) is 15.6. The van der Waals surface area contributed by atoms with Crippen molar-refractivity contribution in [2.45, 2.75) is 0 Å². The van der Waals surface area contributed by atoms with E-state index in [1.54, 1.807) is 17.5 Å². The van der Waals surface area contributed by atoms with Crippen LogP contribution in [0.1, 0.15) is 5.56 Å². The maximum atomic E-state index is 12.3. The number of amides is 4. The highest BCUT2D eigenvalue weighted by Crippen LogP contribution is 2.25. The van der Waals surface area contributed by atoms with E-state index in [0.29, 0.717) is 15.2 Å². The molecule has 1 fully saturated rings. The van der Waals surface area contributed by atoms with Gasteiger partial charge in [-0.25, -0.2) is 14.7 Å². The van der Waals surface area contributed by atoms with E-state index in [2.05, 4.69) is 31.5 Å². The number of phenols is 1. The number of thiazole rings is 1. The Morgan fingerprint density at radius 1 is 1.44 bits per heavy atom. The predicted molar refractivity (Wildman–Crippen MR) is 94.8 cm³/mol. The number of phenolic OH excluding ortho intramolecular Hbond substituents is 1. The fraction of sp³-hybridized carbons (Fsp3) is 0.0667. The number of nitrogens with one attached hydrogen (secondary N) is 2. The number of nitrogens with zero attached hydrogens (tertiary/aromatic N) is 2. The molecule has 0 aliphatic carbocycles. The third-order valence-corrected chi connectivity index (χ3v) is 4.41. The molecule has 0 spiro atoms. The highest BCUT2D eigenvalue weighted by molar-refractivity contribution is 9.10. The van der Waals surface area contributed by atoms with Gasteiger partial charge < -0.3 is 15.7 Å². The van der Waals surface area contributed by atoms with Gasteiger partial charge >= 0.3 is 6.03 Å². The van der Waals surface area contributed by atoms with Crippen LogP contribution in [-0.4, -0.2) is 39.4 Å². The summed E-state index contributed by atoms with van der Waals surface area (Å²) in [4.78, 5) is 40.9. The molecule has 2 heterocycles. The first kappa shape index (κ1) is 17.1. The maximum Gasteiger partial charge on any atom is 0.329 e. The molecule has 1 aromatic carbocycles. The molecule has 3 N–H and O–H groups in total. The molecule has 4 amide bonds. The summed E-state index contributed by atoms with van der Waals surface area (Å²) in [5.41, 5.74) is 0.326. The van der Waals surface area contributed by atoms with Gasteiger partial charge in [0, 0.05) is 21.6 Å². The predicted octanol–water partition coefficient (Wildman–Crippen LogP) is 2.14. The van der Waals surface area contributed by atoms with Crippen LogP contribution in [0.4, 0.5) is 9.93 Å². The van der Waals surface area contributed by atoms with E-state index >= 15 is 0 Å². The van der Waals surface area contributed by atoms with Crippen molar-refractivity contribution in [3.8, 4) is 5.75 Å². The minimum Gasteiger partial charge on any atom is -0.507 e. The second-order valence-electron chi connectivity index (χ2n) is 4.97. The molecule has 0 unspecified atom stereocenters. The second-order valence-corrected chi connectivity index (χ2v) is 6.78. The first-order valence-electron chi connectivity index (χ1n) is 6.96. The van der Waals surface area contributed by atoms with Gasteiger partial charge in [0.05, 0.1) is 0 Å². The summed E-state index contributed by atoms with van der Waals surface area (Å²) >= 11 is 4.49. The van der Waals surface area contributed by atoms with E-state index < -0.39 is 24.4 Å². The van der Waals surface area contributed by atoms with Gasteiger partial charge in [-0.05, 0) is 24.3 Å². The molecular weight excluding hydrogens is 412 g/mol. The third kappa shape index (κ3) is 3.86. The number of halogens is 1. The molecule has 128 valence electrons. The number of hydrogen-bond acceptors (Lipinski definition) is 6. The summed E-state index contributed by atoms with van der Waals surface area (Å²) in [6.45, 7) is -0.438. The molecule has 1 aromatic heterocycles. The van der Waals surface area contributed by atoms with E-state index in [1.165, 1.54) is 29.7 Å². The molecule has 25 heavy (non-hydrogen) atoms. The fourth-order valence-electron chi connectivity index (χ4n) is 2.10. The van der Waals surface area contributed by atoms with Gasteiger partial charge in [0.15, 0.2) is 5.13 Å². The highest BCUT2D eigenvalue weighted by atomic mass is 79.9. The van der Waals surface area contributed by atoms with Crippen LogP contribution in [0.15, 0.2) is 39.9 Å². The Morgan fingerprint density at radius 2 is 2.24 bits per heavy atom. The second kappa shape index (κ2) is 7.03. The van der Waals surface area contributed by atoms with E-state index in [1.807, 2.05) is 0 Å². The SMILES string of the molecule is O=C(CN1C(=O)N/C(=C\c2cc(Br)ccc2O)C1=O)Nc1nccs1. The summed E-state index contributed by atoms with van der Waals surface area (Å²) in [5.74, 6) is -1.23. The molecule has 1 saturated heterocycles. The number of imide groups is 1. The van der Waals surface area contributed by atoms with Gasteiger partial charge in [0.25, 0.3) is 5.91 Å². The van der Waals surface area contributed by atoms with Crippen molar-refractivity contribution < 1.29 is 19.5 Å². The number of hydrogen-bond donors (Lipinski definition) is 3. The lowest BCUT2D eigenvalue weighted by Crippen LogP contribution is -2.38. The molecule has 10 heteroatoms. The average molecular weight is 423 g/mol. The summed E-state index contributed by atoms with van der Waals surface area (Å²) < 4.78 is 0.702. The molecule has 0 bridgehead atoms. The maximum absolute atomic E-state index is 12.3. The third-order valence-electron chi connectivity index (χ3n) is 3.23. The van der Waals surface area contributed by atoms with Gasteiger partial charge in [0.1, 0.15) is 18.0 Å². The number of anilines is 1. The van der Waals surface area contributed by atoms with E-state index in [-0.39, 0.29) is 11.4 Å². The van der Waals surface area contributed by atoms with Crippen LogP contribution in [-0.2, 0) is 9.59 Å². The van der Waals surface area contributed by atoms with Crippen molar-refractivity contribution in [1.29, 1.82) is 0 Å². The number of rotatable bonds is 4. The van der Waals surface area contributed by atoms with Crippen LogP contribution in [0.3, 0.4) is 0 Å². The Hall–Kier alpha value is -2.72. The minimum atomic E-state index is -0.708. The van der Waals surface area contributed by atoms with Crippen molar-refractivity contribution in [2.75, 3.05) is 11.9 Å². The number of carbonyl (C=O) groups excluding carboxylic acids is 3. The number of aromatic hydroxyl groups is 1. The van der Waals surface area contributed by atoms with Gasteiger partial charge in [-0.15, -0.1) is 11.3 Å². The Bertz CT molecular complexity index is 882. The van der Waals surface area contributed by atoms with Crippen LogP contribution < -0.4 is 10.6 Å². The quantitative estimate of drug-likeness (QED) is 0.516. The molecule has 0 atom stereocenters. The highest BCUT2D eigenvalue weighted by Gasteiger charge is 2.35. The summed E-state index contributed by atoms with van der Waals surface area (Å²) in [5, 5.41) is 16.8. The fourth-order valence-corrected chi connectivity index (χ4v) is 3.02. The monoisotopic (exact) mass is 422 g/mol. The van der Waals surface area contributed by atoms with E-state index in [0.717, 1.165) is 4.90 Å². The van der Waals surface area contributed by atoms with Gasteiger partial charge in [0.2, 0.25) is 5.91 Å². The van der Waals surface area contributed by atoms with E-state index in [9.17, 15) is 19.5 Å². The average Bonchev–Trinajstić information content (AvgIpc) is 3.15. The van der Waals surface area contributed by atoms with Gasteiger partial charge in [-0.1, -0.05) is 15.9 Å². The van der Waals surface area contributed by atoms with Crippen molar-refractivity contribution in [2.24, 2.45) is 0 Å². The first-order valence-corrected chi connectivity index (χ1v) is 8.63. The molecular formula is C15H11BrN4O4S. The zero-order chi connectivity index (χ0) is 18.0. The Balaban J connectivity index is 1.74. The smallest absolute Gasteiger partial charge is 0.329 e. The zero-order valence-corrected chi connectivity index (χ0v) is 14.9. The Morgan fingerprint density at radius 3 is 2.96 bits per heavy atom. The molecule has 2 aromatic rings. The lowest BCUT2D eigenvalue weighted by atomic mass is 10.1. The lowest BCUT2D eigenvalue weighted by Gasteiger charge is -2.10. The standard InChI is InChI=1S/C15H11BrN4O4S/c16-9-1-2-11(21)8(5-9)6-10-13(23)20(15(24)18-10)7-12(22)19-14-17-3-4-25-14/h1-6,21H,7H2,(H,18,24)(H,17,19,22)/b10-6-. The lowest BCUT2D eigenvalue weighted by molar-refractivity contribution is -0.127. The molecule has 0 radical (unpaired) electrons. The van der Waals surface area contributed by atoms with Crippen molar-refractivity contribution in [3.05, 3.63) is 45.5 Å². The van der Waals surface area contributed by atoms with Crippen LogP contribution in [0, 0.1) is 0 Å². The van der Waals surface area contributed by atoms with E-state index in [4.69, 9.17) is 0 Å². The Kier molecular flexibility index (Phi) is 4.81. The molecule has 8 nitrogen and oxygen atoms in total. The van der Waals surface area contributed by atoms with Crippen molar-refractivity contribution in [1.82, 2.24) is 15.2 Å². The van der Waals surface area contributed by atoms with Crippen LogP contribution >= 0.6 is 27.3 Å². The molecule has 0 saturated carbocycles. The minimum absolute atomic E-state index is 0.0274. The summed E-state index contributed by atoms with van der Waals surface area (Å²) in [7, 11) is 0. The topological polar surface area (TPSA) is 112 Å². The number of benzene rings is 1. The molecule has 1 aliphatic rings. The number of aromatic nitrogens is 1. The van der Waals surface area contributed by atoms with Crippen molar-refractivity contribution >= 4 is 56.3 Å². The van der Waals surface area contributed by atoms with Crippen LogP contribution in [0.2, 0.25) is 0 Å². The summed E-state index contributed by atoms with van der Waals surface area (Å²) in [6.07, 6.45) is 2.87. The van der Waals surface area contributed by atoms with Crippen LogP contribution in [0.5, 0.6) is 5.75 Å². The van der Waals surface area contributed by atoms with Gasteiger partial charge in [-0.3, -0.25) is 9.59 Å². The first-order chi connectivity index (χ1) is 11.9. The van der Waals surface area contributed by atoms with Crippen LogP contribution in [0.25, 0.3) is 6.08 Å².